The Morgan fingerprint density at radius 1 is 1.03 bits per heavy atom. The third kappa shape index (κ3) is 5.32. The van der Waals surface area contributed by atoms with Crippen LogP contribution in [0.5, 0.6) is 0 Å². The Bertz CT molecular complexity index is 1220. The van der Waals surface area contributed by atoms with Gasteiger partial charge in [0.05, 0.1) is 34.5 Å². The van der Waals surface area contributed by atoms with Crippen molar-refractivity contribution in [2.75, 3.05) is 49.2 Å². The van der Waals surface area contributed by atoms with E-state index in [1.54, 1.807) is 16.7 Å². The van der Waals surface area contributed by atoms with Gasteiger partial charge in [0, 0.05) is 41.8 Å². The molecule has 3 heterocycles. The van der Waals surface area contributed by atoms with Crippen molar-refractivity contribution >= 4 is 63.3 Å². The molecule has 0 aromatic heterocycles. The summed E-state index contributed by atoms with van der Waals surface area (Å²) >= 11 is 9.36. The highest BCUT2D eigenvalue weighted by Gasteiger charge is 2.33. The van der Waals surface area contributed by atoms with E-state index in [2.05, 4.69) is 35.8 Å². The minimum absolute atomic E-state index is 0.00832. The van der Waals surface area contributed by atoms with E-state index in [1.807, 2.05) is 42.5 Å². The van der Waals surface area contributed by atoms with Crippen molar-refractivity contribution in [1.29, 1.82) is 0 Å². The number of carbonyl (C=O) groups is 1. The summed E-state index contributed by atoms with van der Waals surface area (Å²) in [4.78, 5) is 26.3. The molecule has 3 aliphatic rings. The Kier molecular flexibility index (Phi) is 7.96. The molecule has 0 spiro atoms. The van der Waals surface area contributed by atoms with Crippen molar-refractivity contribution in [3.63, 3.8) is 0 Å². The molecule has 188 valence electrons. The summed E-state index contributed by atoms with van der Waals surface area (Å²) in [5.74, 6) is 0.00832. The number of thioether (sulfide) groups is 2. The lowest BCUT2D eigenvalue weighted by Crippen LogP contribution is -2.36. The number of halogens is 1. The smallest absolute Gasteiger partial charge is 0.266 e. The van der Waals surface area contributed by atoms with E-state index in [4.69, 9.17) is 21.3 Å². The molecule has 0 radical (unpaired) electrons. The highest BCUT2D eigenvalue weighted by molar-refractivity contribution is 8.18. The van der Waals surface area contributed by atoms with Gasteiger partial charge in [-0.1, -0.05) is 30.3 Å². The van der Waals surface area contributed by atoms with Crippen LogP contribution in [-0.2, 0) is 9.53 Å². The summed E-state index contributed by atoms with van der Waals surface area (Å²) in [6, 6.07) is 14.2. The second-order valence-electron chi connectivity index (χ2n) is 8.56. The zero-order valence-corrected chi connectivity index (χ0v) is 22.8. The Balaban J connectivity index is 1.36. The molecular formula is C27H29ClN4O2S2. The van der Waals surface area contributed by atoms with Gasteiger partial charge in [0.1, 0.15) is 0 Å². The van der Waals surface area contributed by atoms with Gasteiger partial charge >= 0.3 is 0 Å². The standard InChI is InChI=1S/C27H29ClN4O2S2/c1-3-13-32-26(33)24(11-12-25-31(4-2)22-18-19(28)5-10-23(22)35-25)36-27(32)29-20-6-8-21(9-7-20)30-14-16-34-17-15-30/h5-12,18H,3-4,13-17H2,1-2H3/b24-11+,25-12-,29-27?. The second-order valence-corrected chi connectivity index (χ2v) is 11.1. The van der Waals surface area contributed by atoms with Crippen molar-refractivity contribution in [2.24, 2.45) is 4.99 Å². The number of morpholine rings is 1. The van der Waals surface area contributed by atoms with E-state index >= 15 is 0 Å². The van der Waals surface area contributed by atoms with E-state index in [0.717, 1.165) is 65.9 Å². The fraction of sp³-hybridized carbons (Fsp3) is 0.333. The largest absolute Gasteiger partial charge is 0.378 e. The summed E-state index contributed by atoms with van der Waals surface area (Å²) in [6.45, 7) is 8.98. The van der Waals surface area contributed by atoms with Crippen LogP contribution in [0.2, 0.25) is 5.02 Å². The maximum absolute atomic E-state index is 13.2. The molecule has 6 nitrogen and oxygen atoms in total. The first kappa shape index (κ1) is 25.3. The Hall–Kier alpha value is -2.39. The van der Waals surface area contributed by atoms with E-state index in [-0.39, 0.29) is 5.91 Å². The highest BCUT2D eigenvalue weighted by atomic mass is 35.5. The number of aliphatic imine (C=N–C) groups is 1. The zero-order valence-electron chi connectivity index (χ0n) is 20.4. The van der Waals surface area contributed by atoms with Crippen molar-refractivity contribution in [2.45, 2.75) is 25.2 Å². The van der Waals surface area contributed by atoms with Gasteiger partial charge in [0.2, 0.25) is 0 Å². The van der Waals surface area contributed by atoms with Crippen LogP contribution >= 0.6 is 35.1 Å². The van der Waals surface area contributed by atoms with Crippen molar-refractivity contribution in [3.05, 3.63) is 69.6 Å². The van der Waals surface area contributed by atoms with Crippen LogP contribution in [0.25, 0.3) is 0 Å². The molecule has 2 saturated heterocycles. The third-order valence-electron chi connectivity index (χ3n) is 6.17. The van der Waals surface area contributed by atoms with Crippen LogP contribution in [0.15, 0.2) is 74.4 Å². The van der Waals surface area contributed by atoms with Gasteiger partial charge in [-0.2, -0.15) is 0 Å². The van der Waals surface area contributed by atoms with Gasteiger partial charge in [-0.15, -0.1) is 0 Å². The molecule has 36 heavy (non-hydrogen) atoms. The quantitative estimate of drug-likeness (QED) is 0.389. The summed E-state index contributed by atoms with van der Waals surface area (Å²) in [5.41, 5.74) is 3.13. The minimum atomic E-state index is 0.00832. The molecule has 3 aliphatic heterocycles. The first-order valence-electron chi connectivity index (χ1n) is 12.3. The molecular weight excluding hydrogens is 512 g/mol. The Labute approximate surface area is 226 Å². The SMILES string of the molecule is CCCN1C(=O)/C(=C\C=C2/Sc3ccc(Cl)cc3N2CC)SC1=Nc1ccc(N2CCOCC2)cc1. The Morgan fingerprint density at radius 3 is 2.53 bits per heavy atom. The van der Waals surface area contributed by atoms with Crippen LogP contribution in [0.3, 0.4) is 0 Å². The number of allylic oxidation sites excluding steroid dienone is 2. The number of carbonyl (C=O) groups excluding carboxylic acids is 1. The number of amidine groups is 1. The van der Waals surface area contributed by atoms with Crippen molar-refractivity contribution in [1.82, 2.24) is 4.90 Å². The second kappa shape index (κ2) is 11.3. The predicted molar refractivity (Wildman–Crippen MR) is 153 cm³/mol. The number of anilines is 2. The number of fused-ring (bicyclic) bond motifs is 1. The lowest BCUT2D eigenvalue weighted by atomic mass is 10.2. The number of hydrogen-bond acceptors (Lipinski definition) is 7. The van der Waals surface area contributed by atoms with E-state index in [1.165, 1.54) is 22.3 Å². The molecule has 0 bridgehead atoms. The predicted octanol–water partition coefficient (Wildman–Crippen LogP) is 6.51. The van der Waals surface area contributed by atoms with E-state index < -0.39 is 0 Å². The lowest BCUT2D eigenvalue weighted by Gasteiger charge is -2.28. The molecule has 2 fully saturated rings. The van der Waals surface area contributed by atoms with Crippen LogP contribution in [0.1, 0.15) is 20.3 Å². The molecule has 5 rings (SSSR count). The maximum Gasteiger partial charge on any atom is 0.266 e. The number of amides is 1. The van der Waals surface area contributed by atoms with Crippen LogP contribution in [0, 0.1) is 0 Å². The Morgan fingerprint density at radius 2 is 1.81 bits per heavy atom. The summed E-state index contributed by atoms with van der Waals surface area (Å²) in [6.07, 6.45) is 4.83. The average Bonchev–Trinajstić information content (AvgIpc) is 3.40. The summed E-state index contributed by atoms with van der Waals surface area (Å²) in [5, 5.41) is 2.54. The van der Waals surface area contributed by atoms with Crippen molar-refractivity contribution in [3.8, 4) is 0 Å². The molecule has 0 atom stereocenters. The topological polar surface area (TPSA) is 48.4 Å². The lowest BCUT2D eigenvalue weighted by molar-refractivity contribution is -0.122. The number of benzene rings is 2. The van der Waals surface area contributed by atoms with Crippen LogP contribution in [-0.4, -0.2) is 55.4 Å². The van der Waals surface area contributed by atoms with E-state index in [0.29, 0.717) is 11.4 Å². The van der Waals surface area contributed by atoms with Crippen molar-refractivity contribution < 1.29 is 9.53 Å². The summed E-state index contributed by atoms with van der Waals surface area (Å²) in [7, 11) is 0. The maximum atomic E-state index is 13.2. The first-order chi connectivity index (χ1) is 17.6. The molecule has 2 aromatic carbocycles. The molecule has 0 N–H and O–H groups in total. The fourth-order valence-corrected chi connectivity index (χ4v) is 6.61. The highest BCUT2D eigenvalue weighted by Crippen LogP contribution is 2.47. The zero-order chi connectivity index (χ0) is 25.1. The van der Waals surface area contributed by atoms with Gasteiger partial charge in [-0.25, -0.2) is 4.99 Å². The van der Waals surface area contributed by atoms with E-state index in [9.17, 15) is 4.79 Å². The monoisotopic (exact) mass is 540 g/mol. The average molecular weight is 541 g/mol. The number of hydrogen-bond donors (Lipinski definition) is 0. The van der Waals surface area contributed by atoms with Crippen LogP contribution in [0.4, 0.5) is 17.1 Å². The number of ether oxygens (including phenoxy) is 1. The fourth-order valence-electron chi connectivity index (χ4n) is 4.37. The third-order valence-corrected chi connectivity index (χ3v) is 8.56. The molecule has 0 unspecified atom stereocenters. The molecule has 2 aromatic rings. The van der Waals surface area contributed by atoms with Gasteiger partial charge in [0.25, 0.3) is 5.91 Å². The molecule has 0 aliphatic carbocycles. The number of rotatable bonds is 6. The van der Waals surface area contributed by atoms with Gasteiger partial charge in [-0.3, -0.25) is 9.69 Å². The van der Waals surface area contributed by atoms with Crippen LogP contribution < -0.4 is 9.80 Å². The summed E-state index contributed by atoms with van der Waals surface area (Å²) < 4.78 is 5.45. The first-order valence-corrected chi connectivity index (χ1v) is 14.3. The van der Waals surface area contributed by atoms with Gasteiger partial charge in [-0.05, 0) is 79.7 Å². The van der Waals surface area contributed by atoms with Gasteiger partial charge < -0.3 is 14.5 Å². The minimum Gasteiger partial charge on any atom is -0.378 e. The molecule has 1 amide bonds. The van der Waals surface area contributed by atoms with Gasteiger partial charge in [0.15, 0.2) is 5.17 Å². The molecule has 9 heteroatoms. The normalized spacial score (nSPS) is 21.4. The number of nitrogens with zero attached hydrogens (tertiary/aromatic N) is 4. The molecule has 0 saturated carbocycles.